The highest BCUT2D eigenvalue weighted by Crippen LogP contribution is 2.56. The molecule has 1 heterocycles. The summed E-state index contributed by atoms with van der Waals surface area (Å²) in [5, 5.41) is 3.93. The van der Waals surface area contributed by atoms with Crippen LogP contribution in [0.25, 0.3) is 22.2 Å². The van der Waals surface area contributed by atoms with Crippen LogP contribution in [0.15, 0.2) is 53.0 Å². The van der Waals surface area contributed by atoms with Gasteiger partial charge in [0.1, 0.15) is 5.60 Å². The van der Waals surface area contributed by atoms with Gasteiger partial charge in [0, 0.05) is 21.3 Å². The van der Waals surface area contributed by atoms with Crippen LogP contribution in [0.5, 0.6) is 0 Å². The lowest BCUT2D eigenvalue weighted by Gasteiger charge is -2.55. The first-order valence-electron chi connectivity index (χ1n) is 13.7. The van der Waals surface area contributed by atoms with Gasteiger partial charge in [-0.2, -0.15) is 0 Å². The number of aromatic nitrogens is 1. The summed E-state index contributed by atoms with van der Waals surface area (Å²) in [7, 11) is 0. The molecular formula is C32H35BrN2O4. The highest BCUT2D eigenvalue weighted by atomic mass is 79.9. The van der Waals surface area contributed by atoms with Crippen molar-refractivity contribution < 1.29 is 19.1 Å². The predicted molar refractivity (Wildman–Crippen MR) is 155 cm³/mol. The van der Waals surface area contributed by atoms with Crippen LogP contribution in [0.4, 0.5) is 0 Å². The van der Waals surface area contributed by atoms with Crippen molar-refractivity contribution >= 4 is 44.5 Å². The maximum atomic E-state index is 14.2. The van der Waals surface area contributed by atoms with Gasteiger partial charge in [0.15, 0.2) is 5.78 Å². The largest absolute Gasteiger partial charge is 0.460 e. The van der Waals surface area contributed by atoms with Gasteiger partial charge in [-0.1, -0.05) is 53.2 Å². The Labute approximate surface area is 238 Å². The van der Waals surface area contributed by atoms with E-state index >= 15 is 0 Å². The molecule has 0 spiro atoms. The summed E-state index contributed by atoms with van der Waals surface area (Å²) >= 11 is 3.54. The molecule has 39 heavy (non-hydrogen) atoms. The molecule has 1 unspecified atom stereocenters. The molecule has 7 heteroatoms. The summed E-state index contributed by atoms with van der Waals surface area (Å²) in [5.41, 5.74) is 1.20. The number of ketones is 1. The number of pyridine rings is 1. The molecule has 2 bridgehead atoms. The minimum absolute atomic E-state index is 0.0535. The van der Waals surface area contributed by atoms with Gasteiger partial charge in [0.25, 0.3) is 5.91 Å². The topological polar surface area (TPSA) is 85.4 Å². The van der Waals surface area contributed by atoms with Crippen LogP contribution in [0, 0.1) is 18.3 Å². The number of rotatable bonds is 5. The number of fused-ring (bicyclic) bond motifs is 4. The Kier molecular flexibility index (Phi) is 6.94. The van der Waals surface area contributed by atoms with Gasteiger partial charge in [-0.3, -0.25) is 14.4 Å². The summed E-state index contributed by atoms with van der Waals surface area (Å²) in [6.07, 6.45) is 2.40. The Balaban J connectivity index is 1.54. The van der Waals surface area contributed by atoms with Crippen molar-refractivity contribution in [2.45, 2.75) is 77.9 Å². The van der Waals surface area contributed by atoms with Gasteiger partial charge in [0.2, 0.25) is 0 Å². The van der Waals surface area contributed by atoms with E-state index in [0.29, 0.717) is 43.2 Å². The Hall–Kier alpha value is -3.06. The third kappa shape index (κ3) is 4.69. The average Bonchev–Trinajstić information content (AvgIpc) is 2.89. The molecule has 2 aromatic carbocycles. The normalized spacial score (nSPS) is 24.6. The number of Topliss-reactive ketones (excluding diaryl/α,β-unsaturated/α-hetero) is 1. The van der Waals surface area contributed by atoms with Gasteiger partial charge in [-0.25, -0.2) is 4.98 Å². The van der Waals surface area contributed by atoms with E-state index < -0.39 is 22.5 Å². The first kappa shape index (κ1) is 27.5. The number of nitrogens with one attached hydrogen (secondary N) is 1. The molecule has 0 radical (unpaired) electrons. The molecule has 1 aromatic heterocycles. The van der Waals surface area contributed by atoms with Gasteiger partial charge < -0.3 is 10.1 Å². The number of hydrogen-bond donors (Lipinski definition) is 1. The number of amides is 1. The van der Waals surface area contributed by atoms with Crippen molar-refractivity contribution in [3.8, 4) is 11.3 Å². The maximum absolute atomic E-state index is 14.2. The molecule has 6 rings (SSSR count). The minimum atomic E-state index is -0.998. The maximum Gasteiger partial charge on any atom is 0.313 e. The van der Waals surface area contributed by atoms with Gasteiger partial charge >= 0.3 is 5.97 Å². The van der Waals surface area contributed by atoms with E-state index in [9.17, 15) is 14.4 Å². The Bertz CT molecular complexity index is 1470. The number of nitrogens with zero attached hydrogens (tertiary/aromatic N) is 1. The molecule has 3 aromatic rings. The summed E-state index contributed by atoms with van der Waals surface area (Å²) in [6, 6.07) is 15.5. The molecular weight excluding hydrogens is 556 g/mol. The number of hydrogen-bond acceptors (Lipinski definition) is 5. The highest BCUT2D eigenvalue weighted by molar-refractivity contribution is 9.10. The first-order valence-corrected chi connectivity index (χ1v) is 14.5. The fraction of sp³-hybridized carbons (Fsp3) is 0.438. The molecule has 1 amide bonds. The lowest BCUT2D eigenvalue weighted by atomic mass is 9.50. The summed E-state index contributed by atoms with van der Waals surface area (Å²) < 4.78 is 6.64. The van der Waals surface area contributed by atoms with Crippen LogP contribution in [0.3, 0.4) is 0 Å². The zero-order valence-corrected chi connectivity index (χ0v) is 24.8. The lowest BCUT2D eigenvalue weighted by Crippen LogP contribution is -2.68. The molecule has 6 nitrogen and oxygen atoms in total. The van der Waals surface area contributed by atoms with E-state index in [2.05, 4.69) is 21.2 Å². The second kappa shape index (κ2) is 9.84. The quantitative estimate of drug-likeness (QED) is 0.325. The SMILES string of the molecule is CCC1C(=O)C2(NC(=O)c3c(C)c(-c4ccccc4)nc4ccc(Br)cc34)CCC1(C(=O)OC(C)(C)C)CC2. The predicted octanol–water partition coefficient (Wildman–Crippen LogP) is 6.95. The number of benzene rings is 2. The summed E-state index contributed by atoms with van der Waals surface area (Å²) in [5.74, 6) is -1.12. The Morgan fingerprint density at radius 1 is 1.08 bits per heavy atom. The summed E-state index contributed by atoms with van der Waals surface area (Å²) in [4.78, 5) is 46.5. The van der Waals surface area contributed by atoms with E-state index in [1.807, 2.05) is 83.1 Å². The van der Waals surface area contributed by atoms with Crippen LogP contribution in [0.1, 0.15) is 75.7 Å². The zero-order valence-electron chi connectivity index (χ0n) is 23.2. The van der Waals surface area contributed by atoms with Crippen LogP contribution in [0.2, 0.25) is 0 Å². The molecule has 204 valence electrons. The smallest absolute Gasteiger partial charge is 0.313 e. The van der Waals surface area contributed by atoms with Crippen molar-refractivity contribution in [2.24, 2.45) is 11.3 Å². The summed E-state index contributed by atoms with van der Waals surface area (Å²) in [6.45, 7) is 9.40. The average molecular weight is 592 g/mol. The third-order valence-corrected chi connectivity index (χ3v) is 8.98. The Morgan fingerprint density at radius 2 is 1.74 bits per heavy atom. The molecule has 0 saturated heterocycles. The molecule has 1 atom stereocenters. The minimum Gasteiger partial charge on any atom is -0.460 e. The van der Waals surface area contributed by atoms with Crippen LogP contribution in [-0.4, -0.2) is 33.8 Å². The fourth-order valence-corrected chi connectivity index (χ4v) is 6.93. The molecule has 1 N–H and O–H groups in total. The van der Waals surface area contributed by atoms with E-state index in [1.54, 1.807) is 0 Å². The van der Waals surface area contributed by atoms with E-state index in [1.165, 1.54) is 0 Å². The monoisotopic (exact) mass is 590 g/mol. The second-order valence-corrected chi connectivity index (χ2v) is 12.9. The van der Waals surface area contributed by atoms with E-state index in [-0.39, 0.29) is 17.7 Å². The van der Waals surface area contributed by atoms with E-state index in [0.717, 1.165) is 26.7 Å². The molecule has 3 fully saturated rings. The van der Waals surface area contributed by atoms with Crippen LogP contribution < -0.4 is 5.32 Å². The van der Waals surface area contributed by atoms with Crippen molar-refractivity contribution in [2.75, 3.05) is 0 Å². The third-order valence-electron chi connectivity index (χ3n) is 8.48. The van der Waals surface area contributed by atoms with Crippen molar-refractivity contribution in [1.82, 2.24) is 10.3 Å². The zero-order chi connectivity index (χ0) is 28.2. The standard InChI is InChI=1S/C32H35BrN2O4/c1-6-23-27(36)32(16-14-31(23,15-17-32)29(38)39-30(3,4)5)35-28(37)25-19(2)26(20-10-8-7-9-11-20)34-24-13-12-21(33)18-22(24)25/h7-13,18,23H,6,14-17H2,1-5H3,(H,35,37). The molecule has 3 saturated carbocycles. The van der Waals surface area contributed by atoms with Gasteiger partial charge in [0.05, 0.1) is 27.7 Å². The number of esters is 1. The molecule has 3 aliphatic carbocycles. The van der Waals surface area contributed by atoms with E-state index in [4.69, 9.17) is 9.72 Å². The van der Waals surface area contributed by atoms with Crippen LogP contribution in [-0.2, 0) is 14.3 Å². The lowest BCUT2D eigenvalue weighted by molar-refractivity contribution is -0.185. The highest BCUT2D eigenvalue weighted by Gasteiger charge is 2.64. The number of halogens is 1. The number of ether oxygens (including phenoxy) is 1. The van der Waals surface area contributed by atoms with Gasteiger partial charge in [-0.05, 0) is 83.6 Å². The first-order chi connectivity index (χ1) is 18.4. The van der Waals surface area contributed by atoms with Crippen molar-refractivity contribution in [1.29, 1.82) is 0 Å². The van der Waals surface area contributed by atoms with Crippen molar-refractivity contribution in [3.63, 3.8) is 0 Å². The fourth-order valence-electron chi connectivity index (χ4n) is 6.57. The number of carbonyl (C=O) groups is 3. The molecule has 3 aliphatic rings. The second-order valence-electron chi connectivity index (χ2n) is 12.0. The van der Waals surface area contributed by atoms with Crippen LogP contribution >= 0.6 is 15.9 Å². The Morgan fingerprint density at radius 3 is 2.36 bits per heavy atom. The van der Waals surface area contributed by atoms with Gasteiger partial charge in [-0.15, -0.1) is 0 Å². The van der Waals surface area contributed by atoms with Crippen molar-refractivity contribution in [3.05, 3.63) is 64.1 Å². The molecule has 0 aliphatic heterocycles. The number of carbonyl (C=O) groups excluding carboxylic acids is 3.